The van der Waals surface area contributed by atoms with Crippen LogP contribution in [0.4, 0.5) is 4.39 Å². The van der Waals surface area contributed by atoms with Crippen LogP contribution >= 0.6 is 0 Å². The van der Waals surface area contributed by atoms with Crippen molar-refractivity contribution >= 4 is 0 Å². The van der Waals surface area contributed by atoms with Gasteiger partial charge in [0, 0.05) is 30.6 Å². The first-order valence-corrected chi connectivity index (χ1v) is 6.67. The predicted octanol–water partition coefficient (Wildman–Crippen LogP) is 3.37. The molecule has 1 N–H and O–H groups in total. The SMILES string of the molecule is COc1ccc(Cn2ccc(C(O)C(C)C)c2)c(F)c1. The molecule has 0 bridgehead atoms. The van der Waals surface area contributed by atoms with Gasteiger partial charge in [-0.05, 0) is 23.6 Å². The quantitative estimate of drug-likeness (QED) is 0.909. The number of aliphatic hydroxyl groups is 1. The number of aliphatic hydroxyl groups excluding tert-OH is 1. The molecule has 1 atom stereocenters. The van der Waals surface area contributed by atoms with Gasteiger partial charge in [0.15, 0.2) is 0 Å². The Bertz CT molecular complexity index is 578. The average molecular weight is 277 g/mol. The summed E-state index contributed by atoms with van der Waals surface area (Å²) in [6.07, 6.45) is 3.22. The van der Waals surface area contributed by atoms with E-state index in [0.717, 1.165) is 5.56 Å². The molecule has 0 aliphatic rings. The summed E-state index contributed by atoms with van der Waals surface area (Å²) in [5.41, 5.74) is 1.45. The fourth-order valence-corrected chi connectivity index (χ4v) is 2.10. The van der Waals surface area contributed by atoms with Crippen molar-refractivity contribution in [3.63, 3.8) is 0 Å². The second-order valence-corrected chi connectivity index (χ2v) is 5.26. The van der Waals surface area contributed by atoms with E-state index in [1.54, 1.807) is 12.1 Å². The maximum Gasteiger partial charge on any atom is 0.131 e. The smallest absolute Gasteiger partial charge is 0.131 e. The highest BCUT2D eigenvalue weighted by molar-refractivity contribution is 5.29. The van der Waals surface area contributed by atoms with Crippen LogP contribution in [0, 0.1) is 11.7 Å². The van der Waals surface area contributed by atoms with E-state index in [1.807, 2.05) is 36.9 Å². The third kappa shape index (κ3) is 3.20. The lowest BCUT2D eigenvalue weighted by atomic mass is 10.0. The summed E-state index contributed by atoms with van der Waals surface area (Å²) < 4.78 is 20.7. The van der Waals surface area contributed by atoms with Gasteiger partial charge in [-0.15, -0.1) is 0 Å². The molecule has 0 fully saturated rings. The average Bonchev–Trinajstić information content (AvgIpc) is 2.88. The van der Waals surface area contributed by atoms with Crippen LogP contribution in [0.1, 0.15) is 31.1 Å². The van der Waals surface area contributed by atoms with Crippen LogP contribution < -0.4 is 4.74 Å². The normalized spacial score (nSPS) is 12.7. The van der Waals surface area contributed by atoms with Gasteiger partial charge < -0.3 is 14.4 Å². The number of rotatable bonds is 5. The third-order valence-electron chi connectivity index (χ3n) is 3.36. The second-order valence-electron chi connectivity index (χ2n) is 5.26. The van der Waals surface area contributed by atoms with E-state index >= 15 is 0 Å². The van der Waals surface area contributed by atoms with Crippen LogP contribution in [0.25, 0.3) is 0 Å². The first kappa shape index (κ1) is 14.6. The number of ether oxygens (including phenoxy) is 1. The highest BCUT2D eigenvalue weighted by Gasteiger charge is 2.13. The van der Waals surface area contributed by atoms with Crippen LogP contribution in [0.15, 0.2) is 36.7 Å². The lowest BCUT2D eigenvalue weighted by molar-refractivity contribution is 0.127. The van der Waals surface area contributed by atoms with E-state index < -0.39 is 6.10 Å². The van der Waals surface area contributed by atoms with Gasteiger partial charge in [-0.3, -0.25) is 0 Å². The van der Waals surface area contributed by atoms with E-state index in [-0.39, 0.29) is 11.7 Å². The molecule has 0 saturated carbocycles. The number of methoxy groups -OCH3 is 1. The summed E-state index contributed by atoms with van der Waals surface area (Å²) in [7, 11) is 1.51. The topological polar surface area (TPSA) is 34.4 Å². The maximum atomic E-state index is 13.9. The van der Waals surface area contributed by atoms with Crippen molar-refractivity contribution < 1.29 is 14.2 Å². The molecular weight excluding hydrogens is 257 g/mol. The van der Waals surface area contributed by atoms with Gasteiger partial charge in [0.25, 0.3) is 0 Å². The Balaban J connectivity index is 2.14. The second kappa shape index (κ2) is 6.09. The molecule has 1 aromatic carbocycles. The molecule has 2 rings (SSSR count). The molecule has 20 heavy (non-hydrogen) atoms. The summed E-state index contributed by atoms with van der Waals surface area (Å²) >= 11 is 0. The molecule has 0 saturated heterocycles. The molecule has 2 aromatic rings. The summed E-state index contributed by atoms with van der Waals surface area (Å²) in [6.45, 7) is 4.36. The molecule has 1 aromatic heterocycles. The number of aromatic nitrogens is 1. The Morgan fingerprint density at radius 3 is 2.65 bits per heavy atom. The van der Waals surface area contributed by atoms with E-state index in [0.29, 0.717) is 17.9 Å². The Kier molecular flexibility index (Phi) is 4.45. The zero-order chi connectivity index (χ0) is 14.7. The molecule has 0 spiro atoms. The van der Waals surface area contributed by atoms with Gasteiger partial charge in [0.2, 0.25) is 0 Å². The third-order valence-corrected chi connectivity index (χ3v) is 3.36. The van der Waals surface area contributed by atoms with Crippen molar-refractivity contribution in [3.05, 3.63) is 53.6 Å². The molecule has 3 nitrogen and oxygen atoms in total. The van der Waals surface area contributed by atoms with Crippen molar-refractivity contribution in [1.29, 1.82) is 0 Å². The highest BCUT2D eigenvalue weighted by Crippen LogP contribution is 2.22. The van der Waals surface area contributed by atoms with Crippen molar-refractivity contribution in [2.75, 3.05) is 7.11 Å². The first-order valence-electron chi connectivity index (χ1n) is 6.67. The molecule has 108 valence electrons. The molecule has 0 aliphatic heterocycles. The maximum absolute atomic E-state index is 13.9. The largest absolute Gasteiger partial charge is 0.497 e. The molecular formula is C16H20FNO2. The minimum absolute atomic E-state index is 0.156. The van der Waals surface area contributed by atoms with Crippen LogP contribution in [0.5, 0.6) is 5.75 Å². The van der Waals surface area contributed by atoms with Gasteiger partial charge in [-0.1, -0.05) is 19.9 Å². The minimum atomic E-state index is -0.489. The van der Waals surface area contributed by atoms with Gasteiger partial charge in [-0.2, -0.15) is 0 Å². The van der Waals surface area contributed by atoms with Crippen LogP contribution in [0.2, 0.25) is 0 Å². The van der Waals surface area contributed by atoms with Crippen LogP contribution in [-0.4, -0.2) is 16.8 Å². The zero-order valence-electron chi connectivity index (χ0n) is 12.0. The van der Waals surface area contributed by atoms with Crippen LogP contribution in [-0.2, 0) is 6.54 Å². The monoisotopic (exact) mass is 277 g/mol. The van der Waals surface area contributed by atoms with Gasteiger partial charge in [0.1, 0.15) is 11.6 Å². The van der Waals surface area contributed by atoms with E-state index in [4.69, 9.17) is 4.74 Å². The highest BCUT2D eigenvalue weighted by atomic mass is 19.1. The molecule has 1 heterocycles. The van der Waals surface area contributed by atoms with Gasteiger partial charge in [-0.25, -0.2) is 4.39 Å². The van der Waals surface area contributed by atoms with E-state index in [2.05, 4.69) is 0 Å². The van der Waals surface area contributed by atoms with E-state index in [9.17, 15) is 9.50 Å². The van der Waals surface area contributed by atoms with Crippen molar-refractivity contribution in [3.8, 4) is 5.75 Å². The molecule has 0 radical (unpaired) electrons. The zero-order valence-corrected chi connectivity index (χ0v) is 12.0. The number of hydrogen-bond donors (Lipinski definition) is 1. The van der Waals surface area contributed by atoms with Gasteiger partial charge >= 0.3 is 0 Å². The fourth-order valence-electron chi connectivity index (χ4n) is 2.10. The standard InChI is InChI=1S/C16H20FNO2/c1-11(2)16(19)13-6-7-18(10-13)9-12-4-5-14(20-3)8-15(12)17/h4-8,10-11,16,19H,9H2,1-3H3. The fraction of sp³-hybridized carbons (Fsp3) is 0.375. The molecule has 0 amide bonds. The first-order chi connectivity index (χ1) is 9.51. The van der Waals surface area contributed by atoms with Gasteiger partial charge in [0.05, 0.1) is 13.2 Å². The Labute approximate surface area is 118 Å². The molecule has 4 heteroatoms. The number of halogens is 1. The Hall–Kier alpha value is -1.81. The number of hydrogen-bond acceptors (Lipinski definition) is 2. The lowest BCUT2D eigenvalue weighted by Gasteiger charge is -2.12. The lowest BCUT2D eigenvalue weighted by Crippen LogP contribution is -2.05. The van der Waals surface area contributed by atoms with Crippen molar-refractivity contribution in [2.45, 2.75) is 26.5 Å². The summed E-state index contributed by atoms with van der Waals surface area (Å²) in [4.78, 5) is 0. The number of benzene rings is 1. The summed E-state index contributed by atoms with van der Waals surface area (Å²) in [5, 5.41) is 10.00. The summed E-state index contributed by atoms with van der Waals surface area (Å²) in [6, 6.07) is 6.70. The summed E-state index contributed by atoms with van der Waals surface area (Å²) in [5.74, 6) is 0.377. The van der Waals surface area contributed by atoms with Crippen molar-refractivity contribution in [1.82, 2.24) is 4.57 Å². The number of nitrogens with zero attached hydrogens (tertiary/aromatic N) is 1. The Morgan fingerprint density at radius 2 is 2.05 bits per heavy atom. The Morgan fingerprint density at radius 1 is 1.30 bits per heavy atom. The predicted molar refractivity (Wildman–Crippen MR) is 76.3 cm³/mol. The molecule has 0 aliphatic carbocycles. The molecule has 1 unspecified atom stereocenters. The van der Waals surface area contributed by atoms with Crippen molar-refractivity contribution in [2.24, 2.45) is 5.92 Å². The van der Waals surface area contributed by atoms with Crippen LogP contribution in [0.3, 0.4) is 0 Å². The van der Waals surface area contributed by atoms with E-state index in [1.165, 1.54) is 13.2 Å². The minimum Gasteiger partial charge on any atom is -0.497 e.